The molecule has 1 aliphatic carbocycles. The lowest BCUT2D eigenvalue weighted by Gasteiger charge is -1.91. The molecule has 0 nitrogen and oxygen atoms in total. The van der Waals surface area contributed by atoms with E-state index in [1.54, 1.807) is 0 Å². The maximum atomic E-state index is 2.29. The molecule has 0 heterocycles. The van der Waals surface area contributed by atoms with Crippen LogP contribution in [0.5, 0.6) is 0 Å². The molecule has 1 rings (SSSR count). The Morgan fingerprint density at radius 1 is 0.538 bits per heavy atom. The maximum absolute atomic E-state index is 2.29. The Kier molecular flexibility index (Phi) is 5.87. The van der Waals surface area contributed by atoms with E-state index >= 15 is 0 Å². The topological polar surface area (TPSA) is 0 Å². The van der Waals surface area contributed by atoms with Crippen LogP contribution in [0, 0.1) is 0 Å². The fourth-order valence-corrected chi connectivity index (χ4v) is 1.28. The van der Waals surface area contributed by atoms with Crippen LogP contribution in [0.25, 0.3) is 0 Å². The highest BCUT2D eigenvalue weighted by Gasteiger charge is 1.83. The first kappa shape index (κ1) is 10.0. The van der Waals surface area contributed by atoms with Crippen LogP contribution < -0.4 is 0 Å². The van der Waals surface area contributed by atoms with E-state index in [-0.39, 0.29) is 0 Å². The fourth-order valence-electron chi connectivity index (χ4n) is 1.28. The van der Waals surface area contributed by atoms with Crippen LogP contribution in [0.4, 0.5) is 0 Å². The lowest BCUT2D eigenvalue weighted by atomic mass is 10.2. The molecule has 70 valence electrons. The lowest BCUT2D eigenvalue weighted by molar-refractivity contribution is 0.761. The van der Waals surface area contributed by atoms with Crippen molar-refractivity contribution < 1.29 is 0 Å². The van der Waals surface area contributed by atoms with Crippen molar-refractivity contribution in [2.24, 2.45) is 0 Å². The molecule has 0 aromatic heterocycles. The van der Waals surface area contributed by atoms with Gasteiger partial charge in [0.1, 0.15) is 0 Å². The summed E-state index contributed by atoms with van der Waals surface area (Å²) >= 11 is 0. The molecule has 0 radical (unpaired) electrons. The van der Waals surface area contributed by atoms with Crippen molar-refractivity contribution in [1.82, 2.24) is 0 Å². The number of hydrogen-bond donors (Lipinski definition) is 0. The average Bonchev–Trinajstić information content (AvgIpc) is 2.18. The van der Waals surface area contributed by atoms with Crippen LogP contribution in [0.1, 0.15) is 32.1 Å². The van der Waals surface area contributed by atoms with Crippen LogP contribution in [0.2, 0.25) is 0 Å². The predicted molar refractivity (Wildman–Crippen MR) is 59.6 cm³/mol. The molecule has 0 aromatic carbocycles. The Hall–Kier alpha value is -1.04. The highest BCUT2D eigenvalue weighted by atomic mass is 13.9. The third kappa shape index (κ3) is 6.15. The largest absolute Gasteiger partial charge is 0.0882 e. The minimum atomic E-state index is 1.06. The summed E-state index contributed by atoms with van der Waals surface area (Å²) in [5.41, 5.74) is 0. The summed E-state index contributed by atoms with van der Waals surface area (Å²) in [5, 5.41) is 0. The van der Waals surface area contributed by atoms with Crippen LogP contribution in [0.15, 0.2) is 48.6 Å². The molecule has 0 aliphatic heterocycles. The molecule has 0 amide bonds. The molecule has 0 atom stereocenters. The van der Waals surface area contributed by atoms with Crippen molar-refractivity contribution in [2.75, 3.05) is 0 Å². The van der Waals surface area contributed by atoms with Crippen LogP contribution in [0.3, 0.4) is 0 Å². The summed E-state index contributed by atoms with van der Waals surface area (Å²) in [5.74, 6) is 0. The third-order valence-electron chi connectivity index (χ3n) is 2.04. The number of allylic oxidation sites excluding steroid dienone is 8. The molecule has 0 heteroatoms. The van der Waals surface area contributed by atoms with Crippen molar-refractivity contribution in [3.63, 3.8) is 0 Å². The quantitative estimate of drug-likeness (QED) is 0.483. The van der Waals surface area contributed by atoms with E-state index in [9.17, 15) is 0 Å². The Morgan fingerprint density at radius 2 is 1.23 bits per heavy atom. The van der Waals surface area contributed by atoms with E-state index in [2.05, 4.69) is 48.6 Å². The van der Waals surface area contributed by atoms with Gasteiger partial charge in [-0.25, -0.2) is 0 Å². The SMILES string of the molecule is C1=C\C/C=C/CCCC/C=C/C=C/1. The van der Waals surface area contributed by atoms with Crippen LogP contribution in [-0.4, -0.2) is 0 Å². The van der Waals surface area contributed by atoms with E-state index < -0.39 is 0 Å². The van der Waals surface area contributed by atoms with Gasteiger partial charge in [-0.1, -0.05) is 48.6 Å². The summed E-state index contributed by atoms with van der Waals surface area (Å²) in [6.45, 7) is 0. The summed E-state index contributed by atoms with van der Waals surface area (Å²) < 4.78 is 0. The first-order chi connectivity index (χ1) is 6.50. The van der Waals surface area contributed by atoms with E-state index in [0.717, 1.165) is 6.42 Å². The lowest BCUT2D eigenvalue weighted by Crippen LogP contribution is -1.71. The van der Waals surface area contributed by atoms with Gasteiger partial charge in [0.15, 0.2) is 0 Å². The van der Waals surface area contributed by atoms with E-state index in [0.29, 0.717) is 0 Å². The zero-order valence-electron chi connectivity index (χ0n) is 8.15. The molecule has 0 N–H and O–H groups in total. The van der Waals surface area contributed by atoms with Gasteiger partial charge in [0.25, 0.3) is 0 Å². The molecule has 0 unspecified atom stereocenters. The van der Waals surface area contributed by atoms with Gasteiger partial charge in [0, 0.05) is 0 Å². The van der Waals surface area contributed by atoms with Gasteiger partial charge in [-0.05, 0) is 32.1 Å². The van der Waals surface area contributed by atoms with Crippen molar-refractivity contribution in [2.45, 2.75) is 32.1 Å². The molecule has 0 saturated heterocycles. The summed E-state index contributed by atoms with van der Waals surface area (Å²) in [4.78, 5) is 0. The Morgan fingerprint density at radius 3 is 2.08 bits per heavy atom. The standard InChI is InChI=1S/C13H18/c1-2-4-6-8-10-12-13-11-9-7-5-3-1/h1-6,9,11H,7-8,10,12-13H2/b2-1+,5-3-,6-4+,11-9+. The molecular formula is C13H18. The first-order valence-corrected chi connectivity index (χ1v) is 5.13. The summed E-state index contributed by atoms with van der Waals surface area (Å²) in [7, 11) is 0. The van der Waals surface area contributed by atoms with Gasteiger partial charge < -0.3 is 0 Å². The van der Waals surface area contributed by atoms with E-state index in [1.165, 1.54) is 25.7 Å². The van der Waals surface area contributed by atoms with Gasteiger partial charge in [0.05, 0.1) is 0 Å². The monoisotopic (exact) mass is 174 g/mol. The summed E-state index contributed by atoms with van der Waals surface area (Å²) in [6.07, 6.45) is 23.5. The average molecular weight is 174 g/mol. The molecule has 0 aromatic rings. The first-order valence-electron chi connectivity index (χ1n) is 5.13. The predicted octanol–water partition coefficient (Wildman–Crippen LogP) is 4.18. The van der Waals surface area contributed by atoms with Gasteiger partial charge in [-0.3, -0.25) is 0 Å². The number of hydrogen-bond acceptors (Lipinski definition) is 0. The Labute approximate surface area is 81.4 Å². The molecule has 0 bridgehead atoms. The van der Waals surface area contributed by atoms with Gasteiger partial charge in [-0.15, -0.1) is 0 Å². The second-order valence-corrected chi connectivity index (χ2v) is 3.23. The van der Waals surface area contributed by atoms with E-state index in [4.69, 9.17) is 0 Å². The second-order valence-electron chi connectivity index (χ2n) is 3.23. The molecule has 0 fully saturated rings. The van der Waals surface area contributed by atoms with Gasteiger partial charge in [0.2, 0.25) is 0 Å². The normalized spacial score (nSPS) is 28.9. The highest BCUT2D eigenvalue weighted by molar-refractivity contribution is 5.12. The van der Waals surface area contributed by atoms with Crippen molar-refractivity contribution >= 4 is 0 Å². The minimum Gasteiger partial charge on any atom is -0.0882 e. The van der Waals surface area contributed by atoms with Crippen molar-refractivity contribution in [1.29, 1.82) is 0 Å². The third-order valence-corrected chi connectivity index (χ3v) is 2.04. The van der Waals surface area contributed by atoms with Crippen molar-refractivity contribution in [3.05, 3.63) is 48.6 Å². The smallest absolute Gasteiger partial charge is 0.0166 e. The van der Waals surface area contributed by atoms with Crippen LogP contribution in [-0.2, 0) is 0 Å². The highest BCUT2D eigenvalue weighted by Crippen LogP contribution is 2.03. The van der Waals surface area contributed by atoms with E-state index in [1.807, 2.05) is 0 Å². The minimum absolute atomic E-state index is 1.06. The Bertz CT molecular complexity index is 216. The summed E-state index contributed by atoms with van der Waals surface area (Å²) in [6, 6.07) is 0. The van der Waals surface area contributed by atoms with Gasteiger partial charge in [-0.2, -0.15) is 0 Å². The molecule has 0 saturated carbocycles. The van der Waals surface area contributed by atoms with Gasteiger partial charge >= 0.3 is 0 Å². The molecule has 1 aliphatic rings. The molecular weight excluding hydrogens is 156 g/mol. The maximum Gasteiger partial charge on any atom is -0.0166 e. The number of rotatable bonds is 0. The van der Waals surface area contributed by atoms with Crippen LogP contribution >= 0.6 is 0 Å². The van der Waals surface area contributed by atoms with Crippen molar-refractivity contribution in [3.8, 4) is 0 Å². The molecule has 13 heavy (non-hydrogen) atoms. The zero-order chi connectivity index (χ0) is 9.19. The Balaban J connectivity index is 2.38. The second kappa shape index (κ2) is 7.60. The zero-order valence-corrected chi connectivity index (χ0v) is 8.15. The fraction of sp³-hybridized carbons (Fsp3) is 0.385. The molecule has 0 spiro atoms.